The Bertz CT molecular complexity index is 713. The topological polar surface area (TPSA) is 67.2 Å². The molecule has 2 aromatic heterocycles. The second-order valence-corrected chi connectivity index (χ2v) is 6.56. The van der Waals surface area contributed by atoms with Crippen LogP contribution in [0.3, 0.4) is 0 Å². The third kappa shape index (κ3) is 3.25. The van der Waals surface area contributed by atoms with Crippen molar-refractivity contribution in [2.45, 2.75) is 27.7 Å². The molecule has 3 rings (SSSR count). The fraction of sp³-hybridized carbons (Fsp3) is 0.529. The van der Waals surface area contributed by atoms with Crippen molar-refractivity contribution < 1.29 is 4.79 Å². The molecular formula is C17H24N6O. The Balaban J connectivity index is 1.67. The summed E-state index contributed by atoms with van der Waals surface area (Å²) in [7, 11) is 0. The van der Waals surface area contributed by atoms with Gasteiger partial charge in [0.1, 0.15) is 0 Å². The summed E-state index contributed by atoms with van der Waals surface area (Å²) in [6.45, 7) is 10.9. The van der Waals surface area contributed by atoms with Crippen molar-refractivity contribution in [1.29, 1.82) is 0 Å². The van der Waals surface area contributed by atoms with Gasteiger partial charge in [-0.1, -0.05) is 13.8 Å². The van der Waals surface area contributed by atoms with E-state index < -0.39 is 0 Å². The van der Waals surface area contributed by atoms with Gasteiger partial charge in [-0.3, -0.25) is 4.79 Å². The second-order valence-electron chi connectivity index (χ2n) is 6.56. The maximum atomic E-state index is 12.0. The molecule has 1 fully saturated rings. The Morgan fingerprint density at radius 3 is 2.17 bits per heavy atom. The summed E-state index contributed by atoms with van der Waals surface area (Å²) in [4.78, 5) is 16.1. The molecule has 2 aromatic rings. The van der Waals surface area contributed by atoms with Crippen LogP contribution in [0.25, 0.3) is 5.82 Å². The Labute approximate surface area is 142 Å². The number of nitrogens with zero attached hydrogens (tertiary/aromatic N) is 6. The van der Waals surface area contributed by atoms with Crippen LogP contribution in [-0.4, -0.2) is 57.0 Å². The molecule has 1 saturated heterocycles. The van der Waals surface area contributed by atoms with Gasteiger partial charge in [0.05, 0.1) is 5.69 Å². The fourth-order valence-electron chi connectivity index (χ4n) is 2.98. The van der Waals surface area contributed by atoms with Crippen LogP contribution < -0.4 is 4.90 Å². The zero-order valence-corrected chi connectivity index (χ0v) is 14.7. The number of aryl methyl sites for hydroxylation is 2. The van der Waals surface area contributed by atoms with Crippen LogP contribution in [0, 0.1) is 19.8 Å². The molecule has 24 heavy (non-hydrogen) atoms. The molecular weight excluding hydrogens is 304 g/mol. The van der Waals surface area contributed by atoms with Gasteiger partial charge < -0.3 is 9.80 Å². The molecule has 7 heteroatoms. The molecule has 7 nitrogen and oxygen atoms in total. The molecule has 0 unspecified atom stereocenters. The summed E-state index contributed by atoms with van der Waals surface area (Å²) in [5, 5.41) is 13.1. The fourth-order valence-corrected chi connectivity index (χ4v) is 2.98. The molecule has 1 aliphatic rings. The number of hydrogen-bond acceptors (Lipinski definition) is 5. The van der Waals surface area contributed by atoms with Gasteiger partial charge in [0.25, 0.3) is 0 Å². The molecule has 0 aliphatic carbocycles. The van der Waals surface area contributed by atoms with E-state index in [9.17, 15) is 4.79 Å². The highest BCUT2D eigenvalue weighted by Gasteiger charge is 2.23. The van der Waals surface area contributed by atoms with Crippen LogP contribution in [0.5, 0.6) is 0 Å². The van der Waals surface area contributed by atoms with Crippen LogP contribution in [-0.2, 0) is 4.79 Å². The Morgan fingerprint density at radius 1 is 1.04 bits per heavy atom. The normalized spacial score (nSPS) is 15.2. The van der Waals surface area contributed by atoms with Gasteiger partial charge in [0.2, 0.25) is 5.91 Å². The van der Waals surface area contributed by atoms with E-state index in [2.05, 4.69) is 20.2 Å². The number of carbonyl (C=O) groups excluding carboxylic acids is 1. The number of amides is 1. The van der Waals surface area contributed by atoms with Crippen molar-refractivity contribution in [2.75, 3.05) is 31.1 Å². The minimum atomic E-state index is 0.0522. The Hall–Kier alpha value is -2.44. The van der Waals surface area contributed by atoms with E-state index in [1.54, 1.807) is 4.68 Å². The minimum absolute atomic E-state index is 0.0522. The lowest BCUT2D eigenvalue weighted by molar-refractivity contribution is -0.134. The molecule has 0 aromatic carbocycles. The largest absolute Gasteiger partial charge is 0.352 e. The zero-order valence-electron chi connectivity index (χ0n) is 14.7. The van der Waals surface area contributed by atoms with E-state index in [0.717, 1.165) is 49.2 Å². The lowest BCUT2D eigenvalue weighted by Gasteiger charge is -2.36. The van der Waals surface area contributed by atoms with E-state index in [4.69, 9.17) is 0 Å². The first kappa shape index (κ1) is 16.4. The number of carbonyl (C=O) groups is 1. The SMILES string of the molecule is Cc1cc(C)n(-c2ccc(N3CCN(C(=O)C(C)C)CC3)nn2)n1. The van der Waals surface area contributed by atoms with Crippen LogP contribution >= 0.6 is 0 Å². The molecule has 1 aliphatic heterocycles. The van der Waals surface area contributed by atoms with Gasteiger partial charge in [-0.25, -0.2) is 4.68 Å². The lowest BCUT2D eigenvalue weighted by Crippen LogP contribution is -2.50. The standard InChI is InChI=1S/C17H24N6O/c1-12(2)17(24)22-9-7-21(8-10-22)15-5-6-16(19-18-15)23-14(4)11-13(3)20-23/h5-6,11-12H,7-10H2,1-4H3. The van der Waals surface area contributed by atoms with Crippen molar-refractivity contribution in [3.05, 3.63) is 29.6 Å². The summed E-state index contributed by atoms with van der Waals surface area (Å²) in [6, 6.07) is 5.92. The highest BCUT2D eigenvalue weighted by atomic mass is 16.2. The molecule has 3 heterocycles. The van der Waals surface area contributed by atoms with Crippen LogP contribution in [0.15, 0.2) is 18.2 Å². The third-order valence-electron chi connectivity index (χ3n) is 4.27. The van der Waals surface area contributed by atoms with Crippen molar-refractivity contribution in [3.8, 4) is 5.82 Å². The number of hydrogen-bond donors (Lipinski definition) is 0. The number of aromatic nitrogens is 4. The summed E-state index contributed by atoms with van der Waals surface area (Å²) in [5.74, 6) is 1.84. The molecule has 0 N–H and O–H groups in total. The zero-order chi connectivity index (χ0) is 17.3. The first-order valence-electron chi connectivity index (χ1n) is 8.37. The molecule has 128 valence electrons. The second kappa shape index (κ2) is 6.59. The van der Waals surface area contributed by atoms with E-state index >= 15 is 0 Å². The Morgan fingerprint density at radius 2 is 1.67 bits per heavy atom. The molecule has 0 bridgehead atoms. The van der Waals surface area contributed by atoms with E-state index in [0.29, 0.717) is 0 Å². The molecule has 1 amide bonds. The number of anilines is 1. The predicted octanol–water partition coefficient (Wildman–Crippen LogP) is 1.58. The van der Waals surface area contributed by atoms with Crippen molar-refractivity contribution in [1.82, 2.24) is 24.9 Å². The van der Waals surface area contributed by atoms with Crippen molar-refractivity contribution >= 4 is 11.7 Å². The quantitative estimate of drug-likeness (QED) is 0.856. The summed E-state index contributed by atoms with van der Waals surface area (Å²) in [5.41, 5.74) is 2.00. The van der Waals surface area contributed by atoms with Gasteiger partial charge in [0.15, 0.2) is 11.6 Å². The van der Waals surface area contributed by atoms with E-state index in [-0.39, 0.29) is 11.8 Å². The van der Waals surface area contributed by atoms with Crippen molar-refractivity contribution in [3.63, 3.8) is 0 Å². The molecule has 0 atom stereocenters. The highest BCUT2D eigenvalue weighted by Crippen LogP contribution is 2.16. The van der Waals surface area contributed by atoms with E-state index in [1.165, 1.54) is 0 Å². The van der Waals surface area contributed by atoms with Crippen LogP contribution in [0.1, 0.15) is 25.2 Å². The molecule has 0 radical (unpaired) electrons. The van der Waals surface area contributed by atoms with Gasteiger partial charge >= 0.3 is 0 Å². The average molecular weight is 328 g/mol. The maximum Gasteiger partial charge on any atom is 0.225 e. The molecule has 0 saturated carbocycles. The first-order valence-corrected chi connectivity index (χ1v) is 8.37. The predicted molar refractivity (Wildman–Crippen MR) is 92.3 cm³/mol. The van der Waals surface area contributed by atoms with Gasteiger partial charge in [-0.2, -0.15) is 5.10 Å². The summed E-state index contributed by atoms with van der Waals surface area (Å²) < 4.78 is 1.80. The smallest absolute Gasteiger partial charge is 0.225 e. The lowest BCUT2D eigenvalue weighted by atomic mass is 10.1. The maximum absolute atomic E-state index is 12.0. The molecule has 0 spiro atoms. The summed E-state index contributed by atoms with van der Waals surface area (Å²) >= 11 is 0. The van der Waals surface area contributed by atoms with E-state index in [1.807, 2.05) is 50.8 Å². The first-order chi connectivity index (χ1) is 11.5. The Kier molecular flexibility index (Phi) is 4.51. The van der Waals surface area contributed by atoms with Gasteiger partial charge in [-0.05, 0) is 32.0 Å². The number of piperazine rings is 1. The van der Waals surface area contributed by atoms with Crippen LogP contribution in [0.4, 0.5) is 5.82 Å². The van der Waals surface area contributed by atoms with Gasteiger partial charge in [-0.15, -0.1) is 10.2 Å². The monoisotopic (exact) mass is 328 g/mol. The van der Waals surface area contributed by atoms with Crippen LogP contribution in [0.2, 0.25) is 0 Å². The number of rotatable bonds is 3. The highest BCUT2D eigenvalue weighted by molar-refractivity contribution is 5.78. The van der Waals surface area contributed by atoms with Gasteiger partial charge in [0, 0.05) is 37.8 Å². The average Bonchev–Trinajstić information content (AvgIpc) is 2.93. The van der Waals surface area contributed by atoms with Crippen molar-refractivity contribution in [2.24, 2.45) is 5.92 Å². The third-order valence-corrected chi connectivity index (χ3v) is 4.27. The minimum Gasteiger partial charge on any atom is -0.352 e. The summed E-state index contributed by atoms with van der Waals surface area (Å²) in [6.07, 6.45) is 0.